The van der Waals surface area contributed by atoms with Gasteiger partial charge in [-0.05, 0) is 37.6 Å². The van der Waals surface area contributed by atoms with Gasteiger partial charge >= 0.3 is 0 Å². The summed E-state index contributed by atoms with van der Waals surface area (Å²) in [7, 11) is 0. The lowest BCUT2D eigenvalue weighted by Crippen LogP contribution is -2.15. The number of nitrogens with zero attached hydrogens (tertiary/aromatic N) is 3. The standard InChI is InChI=1S/C12H13BrFN3O/c1-12(2,18)11-7-17(16-15-11)6-8-3-9(13)5-10(14)4-8/h3-5,7,18H,6H2,1-2H3. The van der Waals surface area contributed by atoms with E-state index in [1.807, 2.05) is 6.07 Å². The monoisotopic (exact) mass is 313 g/mol. The molecule has 0 aliphatic heterocycles. The van der Waals surface area contributed by atoms with Crippen LogP contribution >= 0.6 is 15.9 Å². The first-order valence-corrected chi connectivity index (χ1v) is 6.22. The fraction of sp³-hybridized carbons (Fsp3) is 0.333. The van der Waals surface area contributed by atoms with Gasteiger partial charge in [-0.15, -0.1) is 5.10 Å². The van der Waals surface area contributed by atoms with E-state index >= 15 is 0 Å². The van der Waals surface area contributed by atoms with Gasteiger partial charge in [-0.25, -0.2) is 9.07 Å². The van der Waals surface area contributed by atoms with Crippen molar-refractivity contribution in [3.05, 3.63) is 45.9 Å². The highest BCUT2D eigenvalue weighted by molar-refractivity contribution is 9.10. The number of halogens is 2. The molecule has 2 aromatic rings. The molecule has 18 heavy (non-hydrogen) atoms. The molecule has 0 unspecified atom stereocenters. The third-order valence-corrected chi connectivity index (χ3v) is 2.89. The van der Waals surface area contributed by atoms with E-state index in [-0.39, 0.29) is 5.82 Å². The van der Waals surface area contributed by atoms with Gasteiger partial charge in [-0.1, -0.05) is 21.1 Å². The van der Waals surface area contributed by atoms with E-state index in [1.165, 1.54) is 12.1 Å². The molecule has 2 rings (SSSR count). The van der Waals surface area contributed by atoms with E-state index in [0.717, 1.165) is 5.56 Å². The smallest absolute Gasteiger partial charge is 0.124 e. The van der Waals surface area contributed by atoms with Crippen LogP contribution in [0.5, 0.6) is 0 Å². The largest absolute Gasteiger partial charge is 0.384 e. The molecule has 0 aliphatic rings. The van der Waals surface area contributed by atoms with Crippen LogP contribution in [-0.4, -0.2) is 20.1 Å². The Hall–Kier alpha value is -1.27. The van der Waals surface area contributed by atoms with Gasteiger partial charge in [0.25, 0.3) is 0 Å². The summed E-state index contributed by atoms with van der Waals surface area (Å²) in [5.74, 6) is -0.304. The van der Waals surface area contributed by atoms with E-state index < -0.39 is 5.60 Å². The molecule has 4 nitrogen and oxygen atoms in total. The van der Waals surface area contributed by atoms with Gasteiger partial charge in [0.1, 0.15) is 17.1 Å². The molecule has 0 atom stereocenters. The Labute approximate surface area is 113 Å². The molecule has 0 bridgehead atoms. The summed E-state index contributed by atoms with van der Waals surface area (Å²) in [6, 6.07) is 4.65. The van der Waals surface area contributed by atoms with Crippen LogP contribution in [0, 0.1) is 5.82 Å². The molecule has 1 N–H and O–H groups in total. The topological polar surface area (TPSA) is 50.9 Å². The second-order valence-corrected chi connectivity index (χ2v) is 5.55. The average Bonchev–Trinajstić information content (AvgIpc) is 2.63. The molecule has 0 radical (unpaired) electrons. The van der Waals surface area contributed by atoms with Crippen LogP contribution in [0.2, 0.25) is 0 Å². The van der Waals surface area contributed by atoms with Crippen LogP contribution in [0.1, 0.15) is 25.1 Å². The van der Waals surface area contributed by atoms with Gasteiger partial charge in [0.05, 0.1) is 12.7 Å². The highest BCUT2D eigenvalue weighted by Gasteiger charge is 2.20. The van der Waals surface area contributed by atoms with Crippen molar-refractivity contribution in [1.29, 1.82) is 0 Å². The van der Waals surface area contributed by atoms with Crippen LogP contribution < -0.4 is 0 Å². The zero-order chi connectivity index (χ0) is 13.3. The summed E-state index contributed by atoms with van der Waals surface area (Å²) < 4.78 is 15.5. The van der Waals surface area contributed by atoms with Crippen LogP contribution in [-0.2, 0) is 12.1 Å². The number of aromatic nitrogens is 3. The molecule has 1 aromatic heterocycles. The molecule has 6 heteroatoms. The Kier molecular flexibility index (Phi) is 3.49. The van der Waals surface area contributed by atoms with Gasteiger partial charge in [0.15, 0.2) is 0 Å². The number of benzene rings is 1. The van der Waals surface area contributed by atoms with Gasteiger partial charge in [-0.3, -0.25) is 0 Å². The van der Waals surface area contributed by atoms with E-state index in [4.69, 9.17) is 0 Å². The third kappa shape index (κ3) is 3.14. The van der Waals surface area contributed by atoms with Crippen LogP contribution in [0.25, 0.3) is 0 Å². The Morgan fingerprint density at radius 3 is 2.67 bits per heavy atom. The Balaban J connectivity index is 2.21. The molecule has 0 aliphatic carbocycles. The van der Waals surface area contributed by atoms with Crippen molar-refractivity contribution in [2.45, 2.75) is 26.0 Å². The number of aliphatic hydroxyl groups is 1. The summed E-state index contributed by atoms with van der Waals surface area (Å²) in [4.78, 5) is 0. The van der Waals surface area contributed by atoms with E-state index in [1.54, 1.807) is 24.7 Å². The molecular weight excluding hydrogens is 301 g/mol. The lowest BCUT2D eigenvalue weighted by Gasteiger charge is -2.11. The highest BCUT2D eigenvalue weighted by atomic mass is 79.9. The number of rotatable bonds is 3. The lowest BCUT2D eigenvalue weighted by atomic mass is 10.1. The van der Waals surface area contributed by atoms with Crippen molar-refractivity contribution in [2.24, 2.45) is 0 Å². The first-order valence-electron chi connectivity index (χ1n) is 5.42. The SMILES string of the molecule is CC(C)(O)c1cn(Cc2cc(F)cc(Br)c2)nn1. The maximum absolute atomic E-state index is 13.2. The second kappa shape index (κ2) is 4.78. The van der Waals surface area contributed by atoms with Crippen molar-refractivity contribution < 1.29 is 9.50 Å². The number of hydrogen-bond acceptors (Lipinski definition) is 3. The summed E-state index contributed by atoms with van der Waals surface area (Å²) in [5, 5.41) is 17.6. The van der Waals surface area contributed by atoms with Crippen LogP contribution in [0.4, 0.5) is 4.39 Å². The average molecular weight is 314 g/mol. The molecule has 96 valence electrons. The highest BCUT2D eigenvalue weighted by Crippen LogP contribution is 2.18. The molecule has 1 aromatic carbocycles. The van der Waals surface area contributed by atoms with Crippen molar-refractivity contribution in [2.75, 3.05) is 0 Å². The van der Waals surface area contributed by atoms with E-state index in [2.05, 4.69) is 26.2 Å². The fourth-order valence-corrected chi connectivity index (χ4v) is 2.06. The van der Waals surface area contributed by atoms with Gasteiger partial charge in [0.2, 0.25) is 0 Å². The van der Waals surface area contributed by atoms with Crippen molar-refractivity contribution in [1.82, 2.24) is 15.0 Å². The molecule has 0 saturated carbocycles. The second-order valence-electron chi connectivity index (χ2n) is 4.64. The first-order chi connectivity index (χ1) is 8.34. The molecule has 1 heterocycles. The maximum atomic E-state index is 13.2. The molecule has 0 saturated heterocycles. The molecular formula is C12H13BrFN3O. The minimum absolute atomic E-state index is 0.304. The van der Waals surface area contributed by atoms with Gasteiger partial charge in [-0.2, -0.15) is 0 Å². The van der Waals surface area contributed by atoms with Crippen molar-refractivity contribution in [3.63, 3.8) is 0 Å². The molecule has 0 fully saturated rings. The van der Waals surface area contributed by atoms with Gasteiger partial charge < -0.3 is 5.11 Å². The molecule has 0 spiro atoms. The summed E-state index contributed by atoms with van der Waals surface area (Å²) >= 11 is 3.24. The van der Waals surface area contributed by atoms with E-state index in [0.29, 0.717) is 16.7 Å². The molecule has 0 amide bonds. The Bertz CT molecular complexity index is 542. The number of hydrogen-bond donors (Lipinski definition) is 1. The van der Waals surface area contributed by atoms with E-state index in [9.17, 15) is 9.50 Å². The third-order valence-electron chi connectivity index (χ3n) is 2.43. The van der Waals surface area contributed by atoms with Crippen LogP contribution in [0.3, 0.4) is 0 Å². The van der Waals surface area contributed by atoms with Crippen LogP contribution in [0.15, 0.2) is 28.9 Å². The fourth-order valence-electron chi connectivity index (χ4n) is 1.55. The summed E-state index contributed by atoms with van der Waals surface area (Å²) in [6.45, 7) is 3.68. The normalized spacial score (nSPS) is 11.8. The van der Waals surface area contributed by atoms with Crippen molar-refractivity contribution >= 4 is 15.9 Å². The minimum Gasteiger partial charge on any atom is -0.384 e. The zero-order valence-electron chi connectivity index (χ0n) is 10.1. The van der Waals surface area contributed by atoms with Crippen molar-refractivity contribution in [3.8, 4) is 0 Å². The quantitative estimate of drug-likeness (QED) is 0.947. The predicted molar refractivity (Wildman–Crippen MR) is 68.5 cm³/mol. The Morgan fingerprint density at radius 2 is 2.11 bits per heavy atom. The van der Waals surface area contributed by atoms with Gasteiger partial charge in [0, 0.05) is 4.47 Å². The zero-order valence-corrected chi connectivity index (χ0v) is 11.6. The lowest BCUT2D eigenvalue weighted by molar-refractivity contribution is 0.0737. The minimum atomic E-state index is -1.03. The first kappa shape index (κ1) is 13.2. The Morgan fingerprint density at radius 1 is 1.39 bits per heavy atom. The maximum Gasteiger partial charge on any atom is 0.124 e. The summed E-state index contributed by atoms with van der Waals surface area (Å²) in [6.07, 6.45) is 1.65. The summed E-state index contributed by atoms with van der Waals surface area (Å²) in [5.41, 5.74) is 0.230. The predicted octanol–water partition coefficient (Wildman–Crippen LogP) is 2.46.